The van der Waals surface area contributed by atoms with Gasteiger partial charge in [-0.3, -0.25) is 0 Å². The standard InChI is InChI=1S/C15H11ClF2N2S.C2H6/c1-8-4-12(18)14(6-11(8)17)20-21-15-7-19-13-5-9(16)2-3-10(13)15;1-2/h2-7,19-20H,1H3;1-2H3. The summed E-state index contributed by atoms with van der Waals surface area (Å²) in [4.78, 5) is 3.96. The Hall–Kier alpha value is -1.72. The molecule has 0 aliphatic carbocycles. The van der Waals surface area contributed by atoms with Crippen LogP contribution in [0.2, 0.25) is 5.02 Å². The number of anilines is 1. The van der Waals surface area contributed by atoms with E-state index in [0.717, 1.165) is 21.9 Å². The third-order valence-corrected chi connectivity index (χ3v) is 4.24. The van der Waals surface area contributed by atoms with Gasteiger partial charge in [0.25, 0.3) is 0 Å². The van der Waals surface area contributed by atoms with Crippen molar-refractivity contribution in [3.05, 3.63) is 58.7 Å². The molecular formula is C17H17ClF2N2S. The highest BCUT2D eigenvalue weighted by atomic mass is 35.5. The highest BCUT2D eigenvalue weighted by Crippen LogP contribution is 2.31. The molecule has 0 unspecified atom stereocenters. The van der Waals surface area contributed by atoms with E-state index in [2.05, 4.69) is 9.71 Å². The number of hydrogen-bond donors (Lipinski definition) is 2. The molecule has 1 aromatic heterocycles. The zero-order valence-electron chi connectivity index (χ0n) is 13.0. The predicted molar refractivity (Wildman–Crippen MR) is 95.2 cm³/mol. The number of nitrogens with one attached hydrogen (secondary N) is 2. The Morgan fingerprint density at radius 2 is 1.83 bits per heavy atom. The number of halogens is 3. The van der Waals surface area contributed by atoms with E-state index in [1.165, 1.54) is 24.9 Å². The van der Waals surface area contributed by atoms with Gasteiger partial charge in [-0.15, -0.1) is 0 Å². The van der Waals surface area contributed by atoms with E-state index >= 15 is 0 Å². The fourth-order valence-corrected chi connectivity index (χ4v) is 2.94. The highest BCUT2D eigenvalue weighted by Gasteiger charge is 2.09. The van der Waals surface area contributed by atoms with Crippen LogP contribution in [-0.2, 0) is 0 Å². The molecule has 2 nitrogen and oxygen atoms in total. The molecule has 0 radical (unpaired) electrons. The van der Waals surface area contributed by atoms with Gasteiger partial charge in [0.1, 0.15) is 11.6 Å². The average molecular weight is 355 g/mol. The Morgan fingerprint density at radius 3 is 2.57 bits per heavy atom. The van der Waals surface area contributed by atoms with Gasteiger partial charge >= 0.3 is 0 Å². The van der Waals surface area contributed by atoms with Gasteiger partial charge in [0.05, 0.1) is 10.6 Å². The smallest absolute Gasteiger partial charge is 0.147 e. The van der Waals surface area contributed by atoms with Crippen LogP contribution >= 0.6 is 23.5 Å². The van der Waals surface area contributed by atoms with Crippen LogP contribution in [0.5, 0.6) is 0 Å². The second kappa shape index (κ2) is 7.70. The van der Waals surface area contributed by atoms with Crippen molar-refractivity contribution in [2.24, 2.45) is 0 Å². The fraction of sp³-hybridized carbons (Fsp3) is 0.176. The third-order valence-electron chi connectivity index (χ3n) is 3.13. The summed E-state index contributed by atoms with van der Waals surface area (Å²) in [7, 11) is 0. The molecule has 0 spiro atoms. The number of hydrogen-bond acceptors (Lipinski definition) is 2. The van der Waals surface area contributed by atoms with Gasteiger partial charge in [-0.25, -0.2) is 8.78 Å². The van der Waals surface area contributed by atoms with Crippen LogP contribution in [0.25, 0.3) is 10.9 Å². The first-order valence-corrected chi connectivity index (χ1v) is 8.39. The van der Waals surface area contributed by atoms with Crippen LogP contribution in [0, 0.1) is 18.6 Å². The first-order valence-electron chi connectivity index (χ1n) is 7.20. The summed E-state index contributed by atoms with van der Waals surface area (Å²) in [5, 5.41) is 1.60. The zero-order valence-corrected chi connectivity index (χ0v) is 14.6. The third kappa shape index (κ3) is 3.98. The van der Waals surface area contributed by atoms with Gasteiger partial charge in [0, 0.05) is 28.2 Å². The van der Waals surface area contributed by atoms with Crippen molar-refractivity contribution in [3.8, 4) is 0 Å². The lowest BCUT2D eigenvalue weighted by molar-refractivity contribution is 0.596. The number of rotatable bonds is 3. The van der Waals surface area contributed by atoms with Gasteiger partial charge in [-0.2, -0.15) is 0 Å². The summed E-state index contributed by atoms with van der Waals surface area (Å²) in [5.74, 6) is -0.922. The molecule has 23 heavy (non-hydrogen) atoms. The molecule has 0 saturated carbocycles. The average Bonchev–Trinajstić information content (AvgIpc) is 2.93. The lowest BCUT2D eigenvalue weighted by Crippen LogP contribution is -1.94. The maximum Gasteiger partial charge on any atom is 0.147 e. The van der Waals surface area contributed by atoms with Crippen molar-refractivity contribution in [1.29, 1.82) is 0 Å². The SMILES string of the molecule is CC.Cc1cc(F)c(NSc2c[nH]c3cc(Cl)ccc23)cc1F. The van der Waals surface area contributed by atoms with Gasteiger partial charge in [0.2, 0.25) is 0 Å². The molecule has 0 aliphatic rings. The van der Waals surface area contributed by atoms with Gasteiger partial charge in [-0.1, -0.05) is 31.5 Å². The van der Waals surface area contributed by atoms with Crippen molar-refractivity contribution >= 4 is 40.1 Å². The van der Waals surface area contributed by atoms with E-state index in [9.17, 15) is 8.78 Å². The Balaban J connectivity index is 0.000000924. The molecule has 3 rings (SSSR count). The van der Waals surface area contributed by atoms with E-state index in [4.69, 9.17) is 11.6 Å². The monoisotopic (exact) mass is 354 g/mol. The van der Waals surface area contributed by atoms with E-state index in [-0.39, 0.29) is 11.3 Å². The van der Waals surface area contributed by atoms with Crippen LogP contribution in [0.15, 0.2) is 41.4 Å². The quantitative estimate of drug-likeness (QED) is 0.522. The van der Waals surface area contributed by atoms with Crippen molar-refractivity contribution in [1.82, 2.24) is 4.98 Å². The minimum atomic E-state index is -0.482. The van der Waals surface area contributed by atoms with E-state index in [0.29, 0.717) is 5.02 Å². The van der Waals surface area contributed by atoms with E-state index < -0.39 is 11.6 Å². The zero-order chi connectivity index (χ0) is 17.0. The van der Waals surface area contributed by atoms with Gasteiger partial charge < -0.3 is 9.71 Å². The Kier molecular flexibility index (Phi) is 5.91. The molecule has 6 heteroatoms. The second-order valence-corrected chi connectivity index (χ2v) is 5.91. The van der Waals surface area contributed by atoms with Crippen molar-refractivity contribution in [2.45, 2.75) is 25.7 Å². The number of fused-ring (bicyclic) bond motifs is 1. The minimum Gasteiger partial charge on any atom is -0.360 e. The molecule has 3 aromatic rings. The first-order chi connectivity index (χ1) is 11.0. The molecule has 0 atom stereocenters. The maximum atomic E-state index is 13.8. The second-order valence-electron chi connectivity index (χ2n) is 4.63. The highest BCUT2D eigenvalue weighted by molar-refractivity contribution is 8.00. The summed E-state index contributed by atoms with van der Waals surface area (Å²) < 4.78 is 30.1. The Bertz CT molecular complexity index is 818. The number of aromatic nitrogens is 1. The van der Waals surface area contributed by atoms with Crippen molar-refractivity contribution in [2.75, 3.05) is 4.72 Å². The lowest BCUT2D eigenvalue weighted by Gasteiger charge is -2.07. The lowest BCUT2D eigenvalue weighted by atomic mass is 10.2. The molecule has 122 valence electrons. The van der Waals surface area contributed by atoms with Gasteiger partial charge in [0.15, 0.2) is 0 Å². The van der Waals surface area contributed by atoms with Crippen LogP contribution in [-0.4, -0.2) is 4.98 Å². The summed E-state index contributed by atoms with van der Waals surface area (Å²) >= 11 is 7.13. The number of H-pyrrole nitrogens is 1. The van der Waals surface area contributed by atoms with Crippen LogP contribution in [0.4, 0.5) is 14.5 Å². The normalized spacial score (nSPS) is 10.3. The summed E-state index contributed by atoms with van der Waals surface area (Å²) in [6.45, 7) is 5.53. The van der Waals surface area contributed by atoms with Gasteiger partial charge in [-0.05, 0) is 42.6 Å². The Labute approximate surface area is 143 Å². The molecule has 0 bridgehead atoms. The topological polar surface area (TPSA) is 27.8 Å². The molecule has 2 aromatic carbocycles. The van der Waals surface area contributed by atoms with Crippen LogP contribution < -0.4 is 4.72 Å². The molecule has 0 saturated heterocycles. The number of aryl methyl sites for hydroxylation is 1. The van der Waals surface area contributed by atoms with E-state index in [1.807, 2.05) is 26.0 Å². The van der Waals surface area contributed by atoms with Crippen molar-refractivity contribution in [3.63, 3.8) is 0 Å². The number of benzene rings is 2. The maximum absolute atomic E-state index is 13.8. The summed E-state index contributed by atoms with van der Waals surface area (Å²) in [5.41, 5.74) is 1.29. The molecule has 0 amide bonds. The van der Waals surface area contributed by atoms with Crippen LogP contribution in [0.3, 0.4) is 0 Å². The minimum absolute atomic E-state index is 0.117. The molecule has 0 aliphatic heterocycles. The summed E-state index contributed by atoms with van der Waals surface area (Å²) in [6.07, 6.45) is 1.79. The summed E-state index contributed by atoms with van der Waals surface area (Å²) in [6, 6.07) is 7.81. The predicted octanol–water partition coefficient (Wildman–Crippen LogP) is 6.55. The molecule has 2 N–H and O–H groups in total. The Morgan fingerprint density at radius 1 is 1.09 bits per heavy atom. The van der Waals surface area contributed by atoms with Crippen molar-refractivity contribution < 1.29 is 8.78 Å². The van der Waals surface area contributed by atoms with Crippen LogP contribution in [0.1, 0.15) is 19.4 Å². The molecule has 1 heterocycles. The number of aromatic amines is 1. The molecular weight excluding hydrogens is 338 g/mol. The van der Waals surface area contributed by atoms with E-state index in [1.54, 1.807) is 12.3 Å². The fourth-order valence-electron chi connectivity index (χ4n) is 1.99. The molecule has 0 fully saturated rings. The largest absolute Gasteiger partial charge is 0.360 e. The first kappa shape index (κ1) is 17.6.